The smallest absolute Gasteiger partial charge is 0.329 e. The third-order valence-electron chi connectivity index (χ3n) is 4.98. The van der Waals surface area contributed by atoms with Gasteiger partial charge in [0.2, 0.25) is 0 Å². The summed E-state index contributed by atoms with van der Waals surface area (Å²) in [5, 5.41) is 15.2. The molecule has 5 heteroatoms. The van der Waals surface area contributed by atoms with Gasteiger partial charge in [0, 0.05) is 6.04 Å². The average molecular weight is 282 g/mol. The first-order chi connectivity index (χ1) is 9.43. The van der Waals surface area contributed by atoms with E-state index in [2.05, 4.69) is 10.6 Å². The highest BCUT2D eigenvalue weighted by Gasteiger charge is 2.43. The van der Waals surface area contributed by atoms with E-state index in [0.29, 0.717) is 24.7 Å². The maximum Gasteiger partial charge on any atom is 0.329 e. The molecule has 3 N–H and O–H groups in total. The number of carbonyl (C=O) groups is 2. The quantitative estimate of drug-likeness (QED) is 0.741. The number of aliphatic carboxylic acids is 1. The van der Waals surface area contributed by atoms with E-state index in [1.807, 2.05) is 13.8 Å². The first kappa shape index (κ1) is 15.1. The van der Waals surface area contributed by atoms with E-state index < -0.39 is 11.5 Å². The number of rotatable bonds is 4. The molecule has 0 bridgehead atoms. The van der Waals surface area contributed by atoms with Crippen molar-refractivity contribution in [1.82, 2.24) is 10.6 Å². The van der Waals surface area contributed by atoms with Crippen molar-refractivity contribution in [1.29, 1.82) is 0 Å². The molecule has 0 radical (unpaired) electrons. The highest BCUT2D eigenvalue weighted by molar-refractivity contribution is 5.86. The predicted molar refractivity (Wildman–Crippen MR) is 76.5 cm³/mol. The minimum Gasteiger partial charge on any atom is -0.480 e. The molecule has 0 heterocycles. The molecule has 0 aliphatic heterocycles. The van der Waals surface area contributed by atoms with Crippen molar-refractivity contribution in [3.05, 3.63) is 0 Å². The van der Waals surface area contributed by atoms with Gasteiger partial charge in [-0.15, -0.1) is 0 Å². The molecular formula is C15H26N2O3. The molecule has 3 atom stereocenters. The Morgan fingerprint density at radius 1 is 1.25 bits per heavy atom. The Morgan fingerprint density at radius 2 is 1.95 bits per heavy atom. The molecule has 0 aromatic carbocycles. The van der Waals surface area contributed by atoms with Gasteiger partial charge in [0.05, 0.1) is 0 Å². The fraction of sp³-hybridized carbons (Fsp3) is 0.867. The van der Waals surface area contributed by atoms with Gasteiger partial charge in [0.25, 0.3) is 0 Å². The second-order valence-electron chi connectivity index (χ2n) is 6.67. The molecule has 2 saturated carbocycles. The SMILES string of the molecule is CC1CCCC(NC(=O)NC(C)C2CCC2)(C(=O)O)C1. The van der Waals surface area contributed by atoms with E-state index in [9.17, 15) is 14.7 Å². The van der Waals surface area contributed by atoms with Crippen LogP contribution in [0.4, 0.5) is 4.79 Å². The van der Waals surface area contributed by atoms with Crippen LogP contribution in [0.1, 0.15) is 58.8 Å². The van der Waals surface area contributed by atoms with E-state index >= 15 is 0 Å². The molecule has 0 aromatic rings. The Bertz CT molecular complexity index is 381. The first-order valence-corrected chi connectivity index (χ1v) is 7.75. The average Bonchev–Trinajstić information content (AvgIpc) is 2.25. The Kier molecular flexibility index (Phi) is 4.55. The number of hydrogen-bond donors (Lipinski definition) is 3. The van der Waals surface area contributed by atoms with Gasteiger partial charge in [-0.25, -0.2) is 9.59 Å². The van der Waals surface area contributed by atoms with E-state index in [4.69, 9.17) is 0 Å². The van der Waals surface area contributed by atoms with Gasteiger partial charge >= 0.3 is 12.0 Å². The lowest BCUT2D eigenvalue weighted by molar-refractivity contribution is -0.146. The van der Waals surface area contributed by atoms with E-state index in [0.717, 1.165) is 25.7 Å². The molecule has 20 heavy (non-hydrogen) atoms. The van der Waals surface area contributed by atoms with Gasteiger partial charge in [-0.3, -0.25) is 0 Å². The standard InChI is InChI=1S/C15H26N2O3/c1-10-5-4-8-15(9-10,13(18)19)17-14(20)16-11(2)12-6-3-7-12/h10-12H,3-9H2,1-2H3,(H,18,19)(H2,16,17,20). The summed E-state index contributed by atoms with van der Waals surface area (Å²) in [6.07, 6.45) is 6.48. The topological polar surface area (TPSA) is 78.4 Å². The summed E-state index contributed by atoms with van der Waals surface area (Å²) in [6, 6.07) is -0.212. The summed E-state index contributed by atoms with van der Waals surface area (Å²) in [4.78, 5) is 23.7. The number of carboxylic acids is 1. The molecule has 0 spiro atoms. The van der Waals surface area contributed by atoms with Crippen LogP contribution < -0.4 is 10.6 Å². The summed E-state index contributed by atoms with van der Waals surface area (Å²) < 4.78 is 0. The van der Waals surface area contributed by atoms with Crippen LogP contribution >= 0.6 is 0 Å². The minimum absolute atomic E-state index is 0.121. The predicted octanol–water partition coefficient (Wildman–Crippen LogP) is 2.51. The summed E-state index contributed by atoms with van der Waals surface area (Å²) in [7, 11) is 0. The normalized spacial score (nSPS) is 32.0. The van der Waals surface area contributed by atoms with Crippen LogP contribution in [0.25, 0.3) is 0 Å². The summed E-state index contributed by atoms with van der Waals surface area (Å²) in [5.41, 5.74) is -1.08. The number of carbonyl (C=O) groups excluding carboxylic acids is 1. The molecule has 2 amide bonds. The van der Waals surface area contributed by atoms with Crippen LogP contribution in [-0.4, -0.2) is 28.7 Å². The molecule has 2 rings (SSSR count). The number of nitrogens with one attached hydrogen (secondary N) is 2. The van der Waals surface area contributed by atoms with Crippen LogP contribution in [0, 0.1) is 11.8 Å². The summed E-state index contributed by atoms with van der Waals surface area (Å²) >= 11 is 0. The minimum atomic E-state index is -1.08. The van der Waals surface area contributed by atoms with Gasteiger partial charge in [-0.1, -0.05) is 26.2 Å². The number of hydrogen-bond acceptors (Lipinski definition) is 2. The van der Waals surface area contributed by atoms with Crippen LogP contribution in [0.3, 0.4) is 0 Å². The number of amides is 2. The molecule has 0 aromatic heterocycles. The van der Waals surface area contributed by atoms with Crippen LogP contribution in [-0.2, 0) is 4.79 Å². The molecule has 0 saturated heterocycles. The van der Waals surface area contributed by atoms with Crippen molar-refractivity contribution < 1.29 is 14.7 Å². The highest BCUT2D eigenvalue weighted by atomic mass is 16.4. The summed E-state index contributed by atoms with van der Waals surface area (Å²) in [6.45, 7) is 4.05. The molecule has 2 aliphatic rings. The number of urea groups is 1. The zero-order valence-electron chi connectivity index (χ0n) is 12.4. The molecule has 2 fully saturated rings. The van der Waals surface area contributed by atoms with Crippen molar-refractivity contribution in [2.75, 3.05) is 0 Å². The fourth-order valence-corrected chi connectivity index (χ4v) is 3.43. The van der Waals surface area contributed by atoms with Gasteiger partial charge in [-0.05, 0) is 44.4 Å². The Morgan fingerprint density at radius 3 is 2.45 bits per heavy atom. The Labute approximate surface area is 120 Å². The first-order valence-electron chi connectivity index (χ1n) is 7.75. The van der Waals surface area contributed by atoms with E-state index in [1.165, 1.54) is 6.42 Å². The number of carboxylic acid groups (broad SMARTS) is 1. The lowest BCUT2D eigenvalue weighted by Gasteiger charge is -2.38. The van der Waals surface area contributed by atoms with Crippen LogP contribution in [0.5, 0.6) is 0 Å². The van der Waals surface area contributed by atoms with E-state index in [1.54, 1.807) is 0 Å². The maximum absolute atomic E-state index is 12.1. The van der Waals surface area contributed by atoms with Crippen LogP contribution in [0.15, 0.2) is 0 Å². The monoisotopic (exact) mass is 282 g/mol. The zero-order valence-corrected chi connectivity index (χ0v) is 12.4. The second-order valence-corrected chi connectivity index (χ2v) is 6.67. The molecule has 5 nitrogen and oxygen atoms in total. The van der Waals surface area contributed by atoms with Gasteiger partial charge in [0.15, 0.2) is 0 Å². The van der Waals surface area contributed by atoms with Gasteiger partial charge in [0.1, 0.15) is 5.54 Å². The third kappa shape index (κ3) is 3.25. The lowest BCUT2D eigenvalue weighted by Crippen LogP contribution is -2.60. The largest absolute Gasteiger partial charge is 0.480 e. The third-order valence-corrected chi connectivity index (χ3v) is 4.98. The maximum atomic E-state index is 12.1. The van der Waals surface area contributed by atoms with Crippen molar-refractivity contribution in [3.63, 3.8) is 0 Å². The molecule has 2 aliphatic carbocycles. The summed E-state index contributed by atoms with van der Waals surface area (Å²) in [5.74, 6) is -0.0217. The Balaban J connectivity index is 1.93. The zero-order chi connectivity index (χ0) is 14.8. The van der Waals surface area contributed by atoms with Crippen molar-refractivity contribution >= 4 is 12.0 Å². The molecule has 3 unspecified atom stereocenters. The molecule has 114 valence electrons. The second kappa shape index (κ2) is 6.02. The Hall–Kier alpha value is -1.26. The van der Waals surface area contributed by atoms with Gasteiger partial charge < -0.3 is 15.7 Å². The van der Waals surface area contributed by atoms with Crippen molar-refractivity contribution in [2.45, 2.75) is 70.4 Å². The lowest BCUT2D eigenvalue weighted by atomic mass is 9.76. The highest BCUT2D eigenvalue weighted by Crippen LogP contribution is 2.33. The fourth-order valence-electron chi connectivity index (χ4n) is 3.43. The van der Waals surface area contributed by atoms with Gasteiger partial charge in [-0.2, -0.15) is 0 Å². The van der Waals surface area contributed by atoms with Crippen molar-refractivity contribution in [3.8, 4) is 0 Å². The van der Waals surface area contributed by atoms with Crippen molar-refractivity contribution in [2.24, 2.45) is 11.8 Å². The van der Waals surface area contributed by atoms with Crippen LogP contribution in [0.2, 0.25) is 0 Å². The molecular weight excluding hydrogens is 256 g/mol. The van der Waals surface area contributed by atoms with E-state index in [-0.39, 0.29) is 12.1 Å².